The Balaban J connectivity index is 1.59. The van der Waals surface area contributed by atoms with Crippen molar-refractivity contribution < 1.29 is 4.92 Å². The van der Waals surface area contributed by atoms with Crippen molar-refractivity contribution in [3.63, 3.8) is 0 Å². The van der Waals surface area contributed by atoms with Crippen LogP contribution in [0, 0.1) is 10.1 Å². The fourth-order valence-electron chi connectivity index (χ4n) is 2.68. The van der Waals surface area contributed by atoms with Crippen LogP contribution in [0.1, 0.15) is 12.0 Å². The molecule has 0 amide bonds. The first-order chi connectivity index (χ1) is 12.1. The van der Waals surface area contributed by atoms with Gasteiger partial charge >= 0.3 is 0 Å². The predicted octanol–water partition coefficient (Wildman–Crippen LogP) is 2.37. The topological polar surface area (TPSA) is 90.8 Å². The second-order valence-corrected chi connectivity index (χ2v) is 5.81. The first-order valence-electron chi connectivity index (χ1n) is 8.07. The van der Waals surface area contributed by atoms with Gasteiger partial charge in [0.1, 0.15) is 0 Å². The van der Waals surface area contributed by atoms with Crippen molar-refractivity contribution in [3.05, 3.63) is 64.9 Å². The zero-order valence-corrected chi connectivity index (χ0v) is 14.0. The summed E-state index contributed by atoms with van der Waals surface area (Å²) in [5, 5.41) is 18.7. The third kappa shape index (κ3) is 4.30. The van der Waals surface area contributed by atoms with Gasteiger partial charge in [-0.3, -0.25) is 14.8 Å². The molecule has 0 fully saturated rings. The summed E-state index contributed by atoms with van der Waals surface area (Å²) >= 11 is 0. The highest BCUT2D eigenvalue weighted by molar-refractivity contribution is 5.64. The van der Waals surface area contributed by atoms with Crippen LogP contribution in [0.3, 0.4) is 0 Å². The van der Waals surface area contributed by atoms with E-state index in [4.69, 9.17) is 0 Å². The summed E-state index contributed by atoms with van der Waals surface area (Å²) in [5.74, 6) is 0. The Bertz CT molecular complexity index is 823. The lowest BCUT2D eigenvalue weighted by Crippen LogP contribution is -2.16. The van der Waals surface area contributed by atoms with Gasteiger partial charge in [0.15, 0.2) is 0 Å². The lowest BCUT2D eigenvalue weighted by atomic mass is 10.1. The molecule has 130 valence electrons. The fourth-order valence-corrected chi connectivity index (χ4v) is 2.68. The third-order valence-electron chi connectivity index (χ3n) is 3.90. The Kier molecular flexibility index (Phi) is 5.20. The Morgan fingerprint density at radius 1 is 1.28 bits per heavy atom. The van der Waals surface area contributed by atoms with Crippen LogP contribution in [-0.4, -0.2) is 30.8 Å². The van der Waals surface area contributed by atoms with Crippen LogP contribution in [0.15, 0.2) is 49.2 Å². The number of hydrogen-bond acceptors (Lipinski definition) is 5. The second-order valence-electron chi connectivity index (χ2n) is 5.81. The summed E-state index contributed by atoms with van der Waals surface area (Å²) in [4.78, 5) is 14.4. The minimum Gasteiger partial charge on any atom is -0.337 e. The Morgan fingerprint density at radius 2 is 2.08 bits per heavy atom. The van der Waals surface area contributed by atoms with Crippen LogP contribution < -0.4 is 5.32 Å². The van der Waals surface area contributed by atoms with Gasteiger partial charge in [-0.05, 0) is 25.1 Å². The molecule has 1 N–H and O–H groups in total. The molecule has 3 aromatic rings. The number of rotatable bonds is 8. The number of hydrogen-bond donors (Lipinski definition) is 1. The van der Waals surface area contributed by atoms with Crippen molar-refractivity contribution in [1.82, 2.24) is 24.6 Å². The number of nitrogens with zero attached hydrogens (tertiary/aromatic N) is 5. The van der Waals surface area contributed by atoms with E-state index < -0.39 is 4.92 Å². The van der Waals surface area contributed by atoms with Crippen LogP contribution in [0.5, 0.6) is 0 Å². The molecular formula is C17H20N6O2. The van der Waals surface area contributed by atoms with Crippen LogP contribution in [0.25, 0.3) is 11.3 Å². The van der Waals surface area contributed by atoms with E-state index in [2.05, 4.69) is 15.4 Å². The molecule has 0 atom stereocenters. The molecule has 0 radical (unpaired) electrons. The Hall–Kier alpha value is -3.00. The van der Waals surface area contributed by atoms with Gasteiger partial charge in [-0.2, -0.15) is 5.10 Å². The van der Waals surface area contributed by atoms with Gasteiger partial charge in [0.05, 0.1) is 16.9 Å². The fraction of sp³-hybridized carbons (Fsp3) is 0.294. The number of nitro benzene ring substituents is 1. The second kappa shape index (κ2) is 7.71. The summed E-state index contributed by atoms with van der Waals surface area (Å²) in [7, 11) is 1.87. The van der Waals surface area contributed by atoms with Crippen molar-refractivity contribution in [3.8, 4) is 11.3 Å². The average Bonchev–Trinajstić information content (AvgIpc) is 3.24. The van der Waals surface area contributed by atoms with E-state index in [0.29, 0.717) is 6.54 Å². The van der Waals surface area contributed by atoms with Gasteiger partial charge in [0, 0.05) is 62.0 Å². The highest BCUT2D eigenvalue weighted by atomic mass is 16.6. The van der Waals surface area contributed by atoms with Gasteiger partial charge < -0.3 is 9.88 Å². The van der Waals surface area contributed by atoms with Crippen molar-refractivity contribution in [1.29, 1.82) is 0 Å². The number of aromatic nitrogens is 4. The first-order valence-corrected chi connectivity index (χ1v) is 8.07. The summed E-state index contributed by atoms with van der Waals surface area (Å²) in [6, 6.07) is 6.49. The van der Waals surface area contributed by atoms with Crippen molar-refractivity contribution >= 4 is 5.69 Å². The van der Waals surface area contributed by atoms with Gasteiger partial charge in [0.2, 0.25) is 0 Å². The molecule has 25 heavy (non-hydrogen) atoms. The van der Waals surface area contributed by atoms with E-state index in [-0.39, 0.29) is 5.69 Å². The van der Waals surface area contributed by atoms with Crippen LogP contribution in [-0.2, 0) is 20.1 Å². The van der Waals surface area contributed by atoms with E-state index in [1.807, 2.05) is 30.3 Å². The highest BCUT2D eigenvalue weighted by Gasteiger charge is 2.12. The van der Waals surface area contributed by atoms with E-state index in [1.165, 1.54) is 12.1 Å². The third-order valence-corrected chi connectivity index (χ3v) is 3.90. The molecule has 0 aliphatic rings. The quantitative estimate of drug-likeness (QED) is 0.386. The van der Waals surface area contributed by atoms with E-state index in [1.54, 1.807) is 23.0 Å². The number of benzene rings is 1. The standard InChI is InChI=1S/C17H20N6O2/c1-21-12-15(11-18-7-2-9-22-10-8-19-13-22)17(20-21)14-3-5-16(6-4-14)23(24)25/h3-6,8,10,12-13,18H,2,7,9,11H2,1H3. The number of aryl methyl sites for hydroxylation is 2. The summed E-state index contributed by atoms with van der Waals surface area (Å²) < 4.78 is 3.81. The molecule has 0 bridgehead atoms. The molecule has 2 aromatic heterocycles. The lowest BCUT2D eigenvalue weighted by molar-refractivity contribution is -0.384. The minimum atomic E-state index is -0.398. The SMILES string of the molecule is Cn1cc(CNCCCn2ccnc2)c(-c2ccc([N+](=O)[O-])cc2)n1. The summed E-state index contributed by atoms with van der Waals surface area (Å²) in [5.41, 5.74) is 2.87. The number of nitro groups is 1. The predicted molar refractivity (Wildman–Crippen MR) is 93.8 cm³/mol. The van der Waals surface area contributed by atoms with E-state index in [9.17, 15) is 10.1 Å². The van der Waals surface area contributed by atoms with Gasteiger partial charge in [-0.1, -0.05) is 0 Å². The monoisotopic (exact) mass is 340 g/mol. The normalized spacial score (nSPS) is 10.9. The molecular weight excluding hydrogens is 320 g/mol. The largest absolute Gasteiger partial charge is 0.337 e. The minimum absolute atomic E-state index is 0.0823. The number of imidazole rings is 1. The zero-order chi connectivity index (χ0) is 17.6. The molecule has 8 nitrogen and oxygen atoms in total. The molecule has 0 unspecified atom stereocenters. The number of non-ortho nitro benzene ring substituents is 1. The number of nitrogens with one attached hydrogen (secondary N) is 1. The molecule has 0 saturated heterocycles. The van der Waals surface area contributed by atoms with Crippen LogP contribution in [0.2, 0.25) is 0 Å². The zero-order valence-electron chi connectivity index (χ0n) is 14.0. The maximum atomic E-state index is 10.8. The van der Waals surface area contributed by atoms with E-state index >= 15 is 0 Å². The van der Waals surface area contributed by atoms with Gasteiger partial charge in [-0.15, -0.1) is 0 Å². The maximum absolute atomic E-state index is 10.8. The molecule has 0 saturated carbocycles. The smallest absolute Gasteiger partial charge is 0.269 e. The molecule has 0 aliphatic carbocycles. The Labute approximate surface area is 145 Å². The molecule has 0 aliphatic heterocycles. The lowest BCUT2D eigenvalue weighted by Gasteiger charge is -2.06. The first kappa shape index (κ1) is 16.8. The van der Waals surface area contributed by atoms with Crippen molar-refractivity contribution in [2.45, 2.75) is 19.5 Å². The average molecular weight is 340 g/mol. The molecule has 3 rings (SSSR count). The van der Waals surface area contributed by atoms with Crippen LogP contribution in [0.4, 0.5) is 5.69 Å². The van der Waals surface area contributed by atoms with Crippen molar-refractivity contribution in [2.24, 2.45) is 7.05 Å². The maximum Gasteiger partial charge on any atom is 0.269 e. The van der Waals surface area contributed by atoms with E-state index in [0.717, 1.165) is 36.3 Å². The van der Waals surface area contributed by atoms with Crippen LogP contribution >= 0.6 is 0 Å². The Morgan fingerprint density at radius 3 is 2.76 bits per heavy atom. The van der Waals surface area contributed by atoms with Crippen molar-refractivity contribution in [2.75, 3.05) is 6.54 Å². The molecule has 8 heteroatoms. The summed E-state index contributed by atoms with van der Waals surface area (Å²) in [6.45, 7) is 2.51. The molecule has 2 heterocycles. The van der Waals surface area contributed by atoms with Gasteiger partial charge in [0.25, 0.3) is 5.69 Å². The van der Waals surface area contributed by atoms with Gasteiger partial charge in [-0.25, -0.2) is 4.98 Å². The molecule has 1 aromatic carbocycles. The summed E-state index contributed by atoms with van der Waals surface area (Å²) in [6.07, 6.45) is 8.52. The molecule has 0 spiro atoms. The highest BCUT2D eigenvalue weighted by Crippen LogP contribution is 2.24.